The number of nitrogens with zero attached hydrogens (tertiary/aromatic N) is 2. The van der Waals surface area contributed by atoms with E-state index in [9.17, 15) is 8.42 Å². The third-order valence-electron chi connectivity index (χ3n) is 4.07. The summed E-state index contributed by atoms with van der Waals surface area (Å²) in [5, 5.41) is 0. The fourth-order valence-electron chi connectivity index (χ4n) is 2.48. The third-order valence-corrected chi connectivity index (χ3v) is 5.78. The first kappa shape index (κ1) is 16.3. The zero-order valence-electron chi connectivity index (χ0n) is 13.0. The fraction of sp³-hybridized carbons (Fsp3) is 0.600. The molecule has 0 unspecified atom stereocenters. The van der Waals surface area contributed by atoms with Gasteiger partial charge in [-0.3, -0.25) is 0 Å². The van der Waals surface area contributed by atoms with Crippen LogP contribution >= 0.6 is 0 Å². The lowest BCUT2D eigenvalue weighted by Gasteiger charge is -2.23. The molecule has 118 valence electrons. The Kier molecular flexibility index (Phi) is 5.24. The zero-order chi connectivity index (χ0) is 15.5. The summed E-state index contributed by atoms with van der Waals surface area (Å²) in [5.74, 6) is 0.362. The molecule has 0 aromatic heterocycles. The highest BCUT2D eigenvalue weighted by Gasteiger charge is 2.26. The van der Waals surface area contributed by atoms with Gasteiger partial charge in [-0.05, 0) is 38.3 Å². The lowest BCUT2D eigenvalue weighted by Crippen LogP contribution is -2.43. The third kappa shape index (κ3) is 4.18. The van der Waals surface area contributed by atoms with Crippen molar-refractivity contribution in [2.45, 2.75) is 26.3 Å². The van der Waals surface area contributed by atoms with Crippen molar-refractivity contribution in [2.24, 2.45) is 5.92 Å². The van der Waals surface area contributed by atoms with E-state index in [1.165, 1.54) is 9.99 Å². The van der Waals surface area contributed by atoms with Gasteiger partial charge in [-0.15, -0.1) is 0 Å². The Bertz CT molecular complexity index is 545. The summed E-state index contributed by atoms with van der Waals surface area (Å²) in [6.07, 6.45) is 1.02. The van der Waals surface area contributed by atoms with E-state index in [4.69, 9.17) is 0 Å². The van der Waals surface area contributed by atoms with Crippen LogP contribution in [0.4, 0.5) is 5.69 Å². The maximum Gasteiger partial charge on any atom is 0.279 e. The van der Waals surface area contributed by atoms with Gasteiger partial charge >= 0.3 is 0 Å². The molecule has 1 atom stereocenters. The van der Waals surface area contributed by atoms with Crippen LogP contribution in [0.15, 0.2) is 30.3 Å². The zero-order valence-corrected chi connectivity index (χ0v) is 13.8. The van der Waals surface area contributed by atoms with Crippen LogP contribution in [0.2, 0.25) is 0 Å². The van der Waals surface area contributed by atoms with Crippen LogP contribution in [-0.4, -0.2) is 45.4 Å². The van der Waals surface area contributed by atoms with Gasteiger partial charge in [0.05, 0.1) is 0 Å². The molecule has 21 heavy (non-hydrogen) atoms. The number of para-hydroxylation sites is 1. The summed E-state index contributed by atoms with van der Waals surface area (Å²) < 4.78 is 28.3. The highest BCUT2D eigenvalue weighted by atomic mass is 32.2. The van der Waals surface area contributed by atoms with Gasteiger partial charge in [0.1, 0.15) is 0 Å². The molecule has 0 amide bonds. The topological polar surface area (TPSA) is 52.7 Å². The highest BCUT2D eigenvalue weighted by Crippen LogP contribution is 2.23. The maximum atomic E-state index is 12.1. The molecule has 5 nitrogen and oxygen atoms in total. The van der Waals surface area contributed by atoms with Gasteiger partial charge < -0.3 is 4.90 Å². The van der Waals surface area contributed by atoms with Crippen LogP contribution in [0.5, 0.6) is 0 Å². The van der Waals surface area contributed by atoms with E-state index in [1.54, 1.807) is 7.05 Å². The first-order valence-electron chi connectivity index (χ1n) is 7.43. The molecule has 1 aromatic carbocycles. The van der Waals surface area contributed by atoms with E-state index in [0.29, 0.717) is 12.5 Å². The van der Waals surface area contributed by atoms with Crippen molar-refractivity contribution in [3.8, 4) is 0 Å². The van der Waals surface area contributed by atoms with Gasteiger partial charge in [0.15, 0.2) is 0 Å². The minimum atomic E-state index is -3.36. The molecular weight excluding hydrogens is 286 g/mol. The van der Waals surface area contributed by atoms with Crippen LogP contribution in [0.1, 0.15) is 20.3 Å². The Balaban J connectivity index is 1.86. The highest BCUT2D eigenvalue weighted by molar-refractivity contribution is 7.87. The molecule has 2 rings (SSSR count). The van der Waals surface area contributed by atoms with Gasteiger partial charge in [0.2, 0.25) is 0 Å². The summed E-state index contributed by atoms with van der Waals surface area (Å²) in [4.78, 5) is 2.31. The van der Waals surface area contributed by atoms with Crippen molar-refractivity contribution in [2.75, 3.05) is 31.6 Å². The molecule has 1 aliphatic heterocycles. The molecule has 0 aliphatic carbocycles. The fourth-order valence-corrected chi connectivity index (χ4v) is 3.68. The summed E-state index contributed by atoms with van der Waals surface area (Å²) >= 11 is 0. The molecule has 1 N–H and O–H groups in total. The Labute approximate surface area is 128 Å². The molecule has 1 saturated heterocycles. The van der Waals surface area contributed by atoms with Gasteiger partial charge in [-0.25, -0.2) is 4.72 Å². The minimum absolute atomic E-state index is 0.0353. The van der Waals surface area contributed by atoms with Gasteiger partial charge in [-0.1, -0.05) is 18.2 Å². The van der Waals surface area contributed by atoms with Gasteiger partial charge in [-0.2, -0.15) is 12.7 Å². The second-order valence-electron chi connectivity index (χ2n) is 5.90. The van der Waals surface area contributed by atoms with Crippen molar-refractivity contribution < 1.29 is 8.42 Å². The van der Waals surface area contributed by atoms with E-state index in [2.05, 4.69) is 21.8 Å². The lowest BCUT2D eigenvalue weighted by molar-refractivity contribution is 0.398. The number of benzene rings is 1. The molecule has 1 aromatic rings. The first-order valence-corrected chi connectivity index (χ1v) is 8.87. The Morgan fingerprint density at radius 3 is 2.62 bits per heavy atom. The van der Waals surface area contributed by atoms with Crippen molar-refractivity contribution in [3.63, 3.8) is 0 Å². The van der Waals surface area contributed by atoms with Crippen LogP contribution in [-0.2, 0) is 10.2 Å². The summed E-state index contributed by atoms with van der Waals surface area (Å²) in [6.45, 7) is 6.12. The van der Waals surface area contributed by atoms with Crippen LogP contribution in [0.3, 0.4) is 0 Å². The van der Waals surface area contributed by atoms with E-state index < -0.39 is 10.2 Å². The monoisotopic (exact) mass is 311 g/mol. The molecule has 1 fully saturated rings. The molecule has 0 saturated carbocycles. The Morgan fingerprint density at radius 1 is 1.33 bits per heavy atom. The summed E-state index contributed by atoms with van der Waals surface area (Å²) in [7, 11) is -1.76. The Hall–Kier alpha value is -1.11. The maximum absolute atomic E-state index is 12.1. The second-order valence-corrected chi connectivity index (χ2v) is 7.71. The van der Waals surface area contributed by atoms with Crippen molar-refractivity contribution in [3.05, 3.63) is 30.3 Å². The largest absolute Gasteiger partial charge is 0.371 e. The van der Waals surface area contributed by atoms with Crippen LogP contribution < -0.4 is 9.62 Å². The molecule has 0 spiro atoms. The molecule has 6 heteroatoms. The van der Waals surface area contributed by atoms with E-state index in [-0.39, 0.29) is 6.04 Å². The van der Waals surface area contributed by atoms with Crippen molar-refractivity contribution in [1.29, 1.82) is 0 Å². The van der Waals surface area contributed by atoms with E-state index >= 15 is 0 Å². The number of hydrogen-bond donors (Lipinski definition) is 1. The van der Waals surface area contributed by atoms with Crippen molar-refractivity contribution in [1.82, 2.24) is 9.03 Å². The van der Waals surface area contributed by atoms with Gasteiger partial charge in [0.25, 0.3) is 10.2 Å². The molecule has 1 heterocycles. The van der Waals surface area contributed by atoms with Crippen molar-refractivity contribution >= 4 is 15.9 Å². The SMILES string of the molecule is CC(C)N(C)S(=O)(=O)NC[C@@H]1CCN(c2ccccc2)C1. The molecule has 0 bridgehead atoms. The minimum Gasteiger partial charge on any atom is -0.371 e. The number of nitrogens with one attached hydrogen (secondary N) is 1. The lowest BCUT2D eigenvalue weighted by atomic mass is 10.1. The Morgan fingerprint density at radius 2 is 2.00 bits per heavy atom. The second kappa shape index (κ2) is 6.77. The quantitative estimate of drug-likeness (QED) is 0.870. The number of rotatable bonds is 6. The van der Waals surface area contributed by atoms with Crippen LogP contribution in [0.25, 0.3) is 0 Å². The molecule has 0 radical (unpaired) electrons. The number of hydrogen-bond acceptors (Lipinski definition) is 3. The smallest absolute Gasteiger partial charge is 0.279 e. The first-order chi connectivity index (χ1) is 9.90. The molecule has 1 aliphatic rings. The summed E-state index contributed by atoms with van der Waals surface area (Å²) in [6, 6.07) is 10.2. The standard InChI is InChI=1S/C15H25N3O2S/c1-13(2)17(3)21(19,20)16-11-14-9-10-18(12-14)15-7-5-4-6-8-15/h4-8,13-14,16H,9-12H2,1-3H3/t14-/m0/s1. The predicted octanol–water partition coefficient (Wildman–Crippen LogP) is 1.69. The summed E-state index contributed by atoms with van der Waals surface area (Å²) in [5.41, 5.74) is 1.21. The predicted molar refractivity (Wildman–Crippen MR) is 86.6 cm³/mol. The number of anilines is 1. The average Bonchev–Trinajstić information content (AvgIpc) is 2.94. The van der Waals surface area contributed by atoms with E-state index in [0.717, 1.165) is 19.5 Å². The van der Waals surface area contributed by atoms with Gasteiger partial charge in [0, 0.05) is 38.4 Å². The normalized spacial score (nSPS) is 19.7. The molecular formula is C15H25N3O2S. The van der Waals surface area contributed by atoms with Crippen LogP contribution in [0, 0.1) is 5.92 Å². The van der Waals surface area contributed by atoms with E-state index in [1.807, 2.05) is 32.0 Å². The average molecular weight is 311 g/mol.